The van der Waals surface area contributed by atoms with Gasteiger partial charge in [0.2, 0.25) is 5.91 Å². The van der Waals surface area contributed by atoms with Crippen molar-refractivity contribution in [3.8, 4) is 0 Å². The Morgan fingerprint density at radius 2 is 1.55 bits per heavy atom. The summed E-state index contributed by atoms with van der Waals surface area (Å²) in [4.78, 5) is 25.9. The maximum atomic E-state index is 12.3. The number of hydrogen-bond donors (Lipinski definition) is 1. The van der Waals surface area contributed by atoms with Crippen molar-refractivity contribution < 1.29 is 9.59 Å². The van der Waals surface area contributed by atoms with E-state index in [1.165, 1.54) is 4.90 Å². The fourth-order valence-electron chi connectivity index (χ4n) is 2.91. The van der Waals surface area contributed by atoms with E-state index < -0.39 is 0 Å². The zero-order valence-corrected chi connectivity index (χ0v) is 12.4. The van der Waals surface area contributed by atoms with Crippen LogP contribution in [-0.4, -0.2) is 16.8 Å². The Hall–Kier alpha value is -2.62. The summed E-state index contributed by atoms with van der Waals surface area (Å²) in [5.74, 6) is -0.162. The van der Waals surface area contributed by atoms with Crippen LogP contribution in [0.5, 0.6) is 0 Å². The molecule has 1 heterocycles. The second kappa shape index (κ2) is 6.02. The van der Waals surface area contributed by atoms with E-state index in [1.807, 2.05) is 60.7 Å². The Kier molecular flexibility index (Phi) is 3.92. The lowest BCUT2D eigenvalue weighted by Gasteiger charge is -2.25. The molecule has 2 atom stereocenters. The first-order valence-electron chi connectivity index (χ1n) is 7.45. The van der Waals surface area contributed by atoms with Gasteiger partial charge in [-0.1, -0.05) is 67.6 Å². The number of carbonyl (C=O) groups is 2. The van der Waals surface area contributed by atoms with Crippen molar-refractivity contribution in [3.05, 3.63) is 71.8 Å². The van der Waals surface area contributed by atoms with E-state index in [0.29, 0.717) is 6.42 Å². The van der Waals surface area contributed by atoms with Crippen molar-refractivity contribution in [2.24, 2.45) is 0 Å². The maximum absolute atomic E-state index is 12.3. The number of benzene rings is 2. The molecule has 0 saturated carbocycles. The molecule has 1 saturated heterocycles. The number of carbonyl (C=O) groups excluding carboxylic acids is 2. The van der Waals surface area contributed by atoms with Crippen LogP contribution in [0.2, 0.25) is 0 Å². The van der Waals surface area contributed by atoms with E-state index in [0.717, 1.165) is 11.1 Å². The van der Waals surface area contributed by atoms with Gasteiger partial charge in [0.15, 0.2) is 0 Å². The minimum atomic E-state index is -0.324. The highest BCUT2D eigenvalue weighted by Crippen LogP contribution is 2.39. The number of hydrogen-bond acceptors (Lipinski definition) is 2. The summed E-state index contributed by atoms with van der Waals surface area (Å²) in [6, 6.07) is 18.6. The SMILES string of the molecule is CCC(=O)N1C(=O)N[C@@H](c2ccccc2)[C@@H]1c1ccccc1. The third kappa shape index (κ3) is 2.48. The molecule has 112 valence electrons. The number of nitrogens with zero attached hydrogens (tertiary/aromatic N) is 1. The summed E-state index contributed by atoms with van der Waals surface area (Å²) >= 11 is 0. The van der Waals surface area contributed by atoms with E-state index >= 15 is 0 Å². The first kappa shape index (κ1) is 14.3. The molecule has 1 fully saturated rings. The maximum Gasteiger partial charge on any atom is 0.325 e. The fraction of sp³-hybridized carbons (Fsp3) is 0.222. The number of imide groups is 1. The van der Waals surface area contributed by atoms with Gasteiger partial charge in [-0.3, -0.25) is 9.69 Å². The van der Waals surface area contributed by atoms with Gasteiger partial charge in [0.05, 0.1) is 12.1 Å². The van der Waals surface area contributed by atoms with Crippen molar-refractivity contribution in [2.75, 3.05) is 0 Å². The van der Waals surface area contributed by atoms with Crippen LogP contribution in [0.3, 0.4) is 0 Å². The van der Waals surface area contributed by atoms with Crippen molar-refractivity contribution in [1.82, 2.24) is 10.2 Å². The van der Waals surface area contributed by atoms with Crippen molar-refractivity contribution in [2.45, 2.75) is 25.4 Å². The molecule has 1 aliphatic heterocycles. The summed E-state index contributed by atoms with van der Waals surface area (Å²) in [7, 11) is 0. The van der Waals surface area contributed by atoms with E-state index in [1.54, 1.807) is 6.92 Å². The Bertz CT molecular complexity index is 670. The minimum absolute atomic E-state index is 0.162. The first-order valence-corrected chi connectivity index (χ1v) is 7.45. The molecule has 0 radical (unpaired) electrons. The highest BCUT2D eigenvalue weighted by atomic mass is 16.2. The summed E-state index contributed by atoms with van der Waals surface area (Å²) in [5, 5.41) is 2.95. The monoisotopic (exact) mass is 294 g/mol. The zero-order chi connectivity index (χ0) is 15.5. The second-order valence-electron chi connectivity index (χ2n) is 5.31. The molecule has 1 aliphatic rings. The van der Waals surface area contributed by atoms with Gasteiger partial charge in [-0.05, 0) is 11.1 Å². The summed E-state index contributed by atoms with van der Waals surface area (Å²) in [6.07, 6.45) is 0.304. The standard InChI is InChI=1S/C18H18N2O2/c1-2-15(21)20-17(14-11-7-4-8-12-14)16(19-18(20)22)13-9-5-3-6-10-13/h3-12,16-17H,2H2,1H3,(H,19,22)/t16-,17-/m0/s1. The number of nitrogens with one attached hydrogen (secondary N) is 1. The van der Waals surface area contributed by atoms with Crippen molar-refractivity contribution >= 4 is 11.9 Å². The molecule has 2 aromatic rings. The lowest BCUT2D eigenvalue weighted by Crippen LogP contribution is -2.35. The highest BCUT2D eigenvalue weighted by Gasteiger charge is 2.43. The normalized spacial score (nSPS) is 20.8. The van der Waals surface area contributed by atoms with Crippen LogP contribution in [0.25, 0.3) is 0 Å². The molecule has 0 unspecified atom stereocenters. The van der Waals surface area contributed by atoms with Gasteiger partial charge in [0, 0.05) is 6.42 Å². The molecule has 1 N–H and O–H groups in total. The van der Waals surface area contributed by atoms with Crippen LogP contribution in [-0.2, 0) is 4.79 Å². The number of amides is 3. The molecule has 0 aromatic heterocycles. The van der Waals surface area contributed by atoms with Crippen molar-refractivity contribution in [1.29, 1.82) is 0 Å². The molecular formula is C18H18N2O2. The average molecular weight is 294 g/mol. The lowest BCUT2D eigenvalue weighted by molar-refractivity contribution is -0.129. The number of urea groups is 1. The van der Waals surface area contributed by atoms with Gasteiger partial charge in [0.25, 0.3) is 0 Å². The molecule has 3 rings (SSSR count). The van der Waals surface area contributed by atoms with Crippen molar-refractivity contribution in [3.63, 3.8) is 0 Å². The fourth-order valence-corrected chi connectivity index (χ4v) is 2.91. The molecule has 4 nitrogen and oxygen atoms in total. The van der Waals surface area contributed by atoms with Crippen LogP contribution in [0.15, 0.2) is 60.7 Å². The lowest BCUT2D eigenvalue weighted by atomic mass is 9.94. The summed E-state index contributed by atoms with van der Waals surface area (Å²) in [5.41, 5.74) is 1.95. The predicted octanol–water partition coefficient (Wildman–Crippen LogP) is 3.43. The van der Waals surface area contributed by atoms with Crippen LogP contribution in [0, 0.1) is 0 Å². The topological polar surface area (TPSA) is 49.4 Å². The Labute approximate surface area is 129 Å². The Morgan fingerprint density at radius 1 is 1.00 bits per heavy atom. The smallest absolute Gasteiger partial charge is 0.325 e. The summed E-state index contributed by atoms with van der Waals surface area (Å²) < 4.78 is 0. The molecule has 3 amide bonds. The quantitative estimate of drug-likeness (QED) is 0.942. The Balaban J connectivity index is 2.06. The number of rotatable bonds is 3. The Morgan fingerprint density at radius 3 is 2.09 bits per heavy atom. The van der Waals surface area contributed by atoms with E-state index in [9.17, 15) is 9.59 Å². The second-order valence-corrected chi connectivity index (χ2v) is 5.31. The molecule has 0 bridgehead atoms. The molecular weight excluding hydrogens is 276 g/mol. The molecule has 2 aromatic carbocycles. The average Bonchev–Trinajstić information content (AvgIpc) is 2.93. The molecule has 4 heteroatoms. The molecule has 0 aliphatic carbocycles. The highest BCUT2D eigenvalue weighted by molar-refractivity contribution is 5.97. The van der Waals surface area contributed by atoms with E-state index in [-0.39, 0.29) is 24.0 Å². The first-order chi connectivity index (χ1) is 10.7. The van der Waals surface area contributed by atoms with E-state index in [2.05, 4.69) is 5.32 Å². The van der Waals surface area contributed by atoms with Gasteiger partial charge in [-0.25, -0.2) is 4.79 Å². The van der Waals surface area contributed by atoms with Crippen LogP contribution < -0.4 is 5.32 Å². The molecule has 22 heavy (non-hydrogen) atoms. The third-order valence-corrected chi connectivity index (χ3v) is 3.96. The largest absolute Gasteiger partial charge is 0.328 e. The molecule has 0 spiro atoms. The minimum Gasteiger partial charge on any atom is -0.328 e. The van der Waals surface area contributed by atoms with Gasteiger partial charge in [-0.2, -0.15) is 0 Å². The van der Waals surface area contributed by atoms with Crippen LogP contribution in [0.4, 0.5) is 4.79 Å². The van der Waals surface area contributed by atoms with Gasteiger partial charge in [-0.15, -0.1) is 0 Å². The zero-order valence-electron chi connectivity index (χ0n) is 12.4. The van der Waals surface area contributed by atoms with E-state index in [4.69, 9.17) is 0 Å². The predicted molar refractivity (Wildman–Crippen MR) is 84.0 cm³/mol. The van der Waals surface area contributed by atoms with Crippen LogP contribution in [0.1, 0.15) is 36.6 Å². The van der Waals surface area contributed by atoms with Crippen LogP contribution >= 0.6 is 0 Å². The van der Waals surface area contributed by atoms with Gasteiger partial charge < -0.3 is 5.32 Å². The third-order valence-electron chi connectivity index (χ3n) is 3.96. The van der Waals surface area contributed by atoms with Gasteiger partial charge in [0.1, 0.15) is 0 Å². The van der Waals surface area contributed by atoms with Gasteiger partial charge >= 0.3 is 6.03 Å². The summed E-state index contributed by atoms with van der Waals surface area (Å²) in [6.45, 7) is 1.77.